The van der Waals surface area contributed by atoms with Crippen LogP contribution in [0.4, 0.5) is 0 Å². The second-order valence-corrected chi connectivity index (χ2v) is 6.02. The zero-order valence-electron chi connectivity index (χ0n) is 10.4. The van der Waals surface area contributed by atoms with E-state index in [1.165, 1.54) is 19.3 Å². The summed E-state index contributed by atoms with van der Waals surface area (Å²) in [5, 5.41) is 0. The third kappa shape index (κ3) is 1.71. The summed E-state index contributed by atoms with van der Waals surface area (Å²) in [6.07, 6.45) is 4.78. The zero-order valence-corrected chi connectivity index (χ0v) is 10.4. The van der Waals surface area contributed by atoms with Crippen molar-refractivity contribution in [3.05, 3.63) is 12.2 Å². The van der Waals surface area contributed by atoms with Gasteiger partial charge < -0.3 is 9.47 Å². The number of fused-ring (bicyclic) bond motifs is 3. The average molecular weight is 236 g/mol. The number of carbonyl (C=O) groups excluding carboxylic acids is 1. The maximum Gasteiger partial charge on any atom is 0.333 e. The van der Waals surface area contributed by atoms with E-state index in [9.17, 15) is 4.79 Å². The molecule has 3 heteroatoms. The van der Waals surface area contributed by atoms with Crippen LogP contribution >= 0.6 is 0 Å². The summed E-state index contributed by atoms with van der Waals surface area (Å²) in [6.45, 7) is 7.19. The highest BCUT2D eigenvalue weighted by Crippen LogP contribution is 2.59. The molecule has 1 spiro atoms. The Morgan fingerprint density at radius 2 is 2.29 bits per heavy atom. The van der Waals surface area contributed by atoms with E-state index in [-0.39, 0.29) is 12.1 Å². The molecule has 1 aliphatic heterocycles. The molecule has 3 rings (SSSR count). The van der Waals surface area contributed by atoms with Gasteiger partial charge in [0.05, 0.1) is 6.61 Å². The zero-order chi connectivity index (χ0) is 12.0. The van der Waals surface area contributed by atoms with Crippen molar-refractivity contribution in [1.29, 1.82) is 0 Å². The van der Waals surface area contributed by atoms with E-state index in [0.29, 0.717) is 22.8 Å². The van der Waals surface area contributed by atoms with Crippen molar-refractivity contribution < 1.29 is 14.3 Å². The molecule has 3 nitrogen and oxygen atoms in total. The number of rotatable bonds is 2. The molecule has 0 amide bonds. The molecule has 4 atom stereocenters. The third-order valence-corrected chi connectivity index (χ3v) is 4.91. The Hall–Kier alpha value is -0.830. The highest BCUT2D eigenvalue weighted by molar-refractivity contribution is 5.87. The average Bonchev–Trinajstić information content (AvgIpc) is 2.95. The van der Waals surface area contributed by atoms with Crippen molar-refractivity contribution in [2.24, 2.45) is 17.3 Å². The normalized spacial score (nSPS) is 43.2. The van der Waals surface area contributed by atoms with Crippen molar-refractivity contribution in [1.82, 2.24) is 0 Å². The summed E-state index contributed by atoms with van der Waals surface area (Å²) in [4.78, 5) is 11.5. The Morgan fingerprint density at radius 1 is 1.47 bits per heavy atom. The predicted molar refractivity (Wildman–Crippen MR) is 63.4 cm³/mol. The maximum atomic E-state index is 11.5. The van der Waals surface area contributed by atoms with Crippen molar-refractivity contribution in [3.63, 3.8) is 0 Å². The first-order valence-corrected chi connectivity index (χ1v) is 6.55. The minimum absolute atomic E-state index is 0.135. The number of esters is 1. The number of ether oxygens (including phenoxy) is 2. The van der Waals surface area contributed by atoms with Crippen molar-refractivity contribution in [2.75, 3.05) is 13.2 Å². The Labute approximate surface area is 102 Å². The van der Waals surface area contributed by atoms with Crippen LogP contribution in [0.2, 0.25) is 0 Å². The lowest BCUT2D eigenvalue weighted by molar-refractivity contribution is -0.147. The molecule has 94 valence electrons. The van der Waals surface area contributed by atoms with Crippen LogP contribution in [0, 0.1) is 17.3 Å². The fourth-order valence-electron chi connectivity index (χ4n) is 3.98. The van der Waals surface area contributed by atoms with Crippen LogP contribution in [0.5, 0.6) is 0 Å². The first-order chi connectivity index (χ1) is 8.11. The summed E-state index contributed by atoms with van der Waals surface area (Å²) in [7, 11) is 0. The SMILES string of the molecule is C=C(C)C(=O)OC1CC2CC1CC21CCOC1. The first-order valence-electron chi connectivity index (χ1n) is 6.55. The summed E-state index contributed by atoms with van der Waals surface area (Å²) >= 11 is 0. The molecule has 1 heterocycles. The van der Waals surface area contributed by atoms with Crippen LogP contribution in [-0.2, 0) is 14.3 Å². The molecule has 0 aromatic rings. The fourth-order valence-corrected chi connectivity index (χ4v) is 3.98. The van der Waals surface area contributed by atoms with Crippen LogP contribution in [0.3, 0.4) is 0 Å². The summed E-state index contributed by atoms with van der Waals surface area (Å²) in [5.74, 6) is 1.04. The third-order valence-electron chi connectivity index (χ3n) is 4.91. The minimum Gasteiger partial charge on any atom is -0.459 e. The molecule has 1 saturated heterocycles. The summed E-state index contributed by atoms with van der Waals surface area (Å²) in [6, 6.07) is 0. The van der Waals surface area contributed by atoms with Gasteiger partial charge in [0, 0.05) is 12.2 Å². The molecule has 3 fully saturated rings. The number of hydrogen-bond acceptors (Lipinski definition) is 3. The van der Waals surface area contributed by atoms with Crippen molar-refractivity contribution in [2.45, 2.75) is 38.7 Å². The minimum atomic E-state index is -0.223. The lowest BCUT2D eigenvalue weighted by atomic mass is 9.72. The monoisotopic (exact) mass is 236 g/mol. The lowest BCUT2D eigenvalue weighted by Gasteiger charge is -2.35. The molecular weight excluding hydrogens is 216 g/mol. The van der Waals surface area contributed by atoms with Crippen LogP contribution in [-0.4, -0.2) is 25.3 Å². The van der Waals surface area contributed by atoms with Crippen LogP contribution in [0.25, 0.3) is 0 Å². The Bertz CT molecular complexity index is 354. The van der Waals surface area contributed by atoms with E-state index in [0.717, 1.165) is 19.6 Å². The van der Waals surface area contributed by atoms with E-state index in [1.807, 2.05) is 0 Å². The van der Waals surface area contributed by atoms with E-state index in [2.05, 4.69) is 6.58 Å². The Kier molecular flexibility index (Phi) is 2.54. The highest BCUT2D eigenvalue weighted by Gasteiger charge is 2.57. The van der Waals surface area contributed by atoms with E-state index in [1.54, 1.807) is 6.92 Å². The lowest BCUT2D eigenvalue weighted by Crippen LogP contribution is -2.35. The Morgan fingerprint density at radius 3 is 2.82 bits per heavy atom. The molecule has 2 saturated carbocycles. The van der Waals surface area contributed by atoms with Gasteiger partial charge in [-0.05, 0) is 49.9 Å². The standard InChI is InChI=1S/C14H20O3/c1-9(2)13(15)17-12-6-11-5-10(12)7-14(11)3-4-16-8-14/h10-12H,1,3-8H2,2H3. The molecule has 4 unspecified atom stereocenters. The van der Waals surface area contributed by atoms with Gasteiger partial charge >= 0.3 is 5.97 Å². The molecule has 3 aliphatic rings. The van der Waals surface area contributed by atoms with Gasteiger partial charge in [-0.3, -0.25) is 0 Å². The topological polar surface area (TPSA) is 35.5 Å². The number of hydrogen-bond donors (Lipinski definition) is 0. The fraction of sp³-hybridized carbons (Fsp3) is 0.786. The number of carbonyl (C=O) groups is 1. The van der Waals surface area contributed by atoms with Gasteiger partial charge in [0.1, 0.15) is 6.10 Å². The predicted octanol–water partition coefficient (Wildman–Crippen LogP) is 2.31. The van der Waals surface area contributed by atoms with Gasteiger partial charge in [-0.1, -0.05) is 6.58 Å². The smallest absolute Gasteiger partial charge is 0.333 e. The van der Waals surface area contributed by atoms with Gasteiger partial charge in [0.15, 0.2) is 0 Å². The Balaban J connectivity index is 1.64. The molecule has 2 aliphatic carbocycles. The summed E-state index contributed by atoms with van der Waals surface area (Å²) < 4.78 is 11.1. The van der Waals surface area contributed by atoms with Crippen LogP contribution in [0.1, 0.15) is 32.6 Å². The molecule has 2 bridgehead atoms. The second kappa shape index (κ2) is 3.84. The van der Waals surface area contributed by atoms with Crippen molar-refractivity contribution >= 4 is 5.97 Å². The molecule has 17 heavy (non-hydrogen) atoms. The van der Waals surface area contributed by atoms with Gasteiger partial charge in [-0.2, -0.15) is 0 Å². The van der Waals surface area contributed by atoms with Gasteiger partial charge in [0.2, 0.25) is 0 Å². The van der Waals surface area contributed by atoms with Crippen LogP contribution < -0.4 is 0 Å². The van der Waals surface area contributed by atoms with E-state index in [4.69, 9.17) is 9.47 Å². The van der Waals surface area contributed by atoms with Crippen molar-refractivity contribution in [3.8, 4) is 0 Å². The van der Waals surface area contributed by atoms with Gasteiger partial charge in [-0.15, -0.1) is 0 Å². The second-order valence-electron chi connectivity index (χ2n) is 6.02. The highest BCUT2D eigenvalue weighted by atomic mass is 16.5. The quantitative estimate of drug-likeness (QED) is 0.545. The molecular formula is C14H20O3. The maximum absolute atomic E-state index is 11.5. The molecule has 0 radical (unpaired) electrons. The molecule has 0 aromatic carbocycles. The molecule has 0 N–H and O–H groups in total. The van der Waals surface area contributed by atoms with Gasteiger partial charge in [0.25, 0.3) is 0 Å². The van der Waals surface area contributed by atoms with Crippen LogP contribution in [0.15, 0.2) is 12.2 Å². The largest absolute Gasteiger partial charge is 0.459 e. The first kappa shape index (κ1) is 11.3. The van der Waals surface area contributed by atoms with E-state index >= 15 is 0 Å². The molecule has 0 aromatic heterocycles. The van der Waals surface area contributed by atoms with E-state index < -0.39 is 0 Å². The summed E-state index contributed by atoms with van der Waals surface area (Å²) in [5.41, 5.74) is 0.934. The van der Waals surface area contributed by atoms with Gasteiger partial charge in [-0.25, -0.2) is 4.79 Å².